The number of rotatable bonds is 1. The van der Waals surface area contributed by atoms with Crippen molar-refractivity contribution in [2.75, 3.05) is 0 Å². The second-order valence-electron chi connectivity index (χ2n) is 10.3. The van der Waals surface area contributed by atoms with Crippen LogP contribution < -0.4 is 0 Å². The van der Waals surface area contributed by atoms with Gasteiger partial charge in [-0.05, 0) is 94.8 Å². The van der Waals surface area contributed by atoms with Crippen LogP contribution in [0.2, 0.25) is 0 Å². The summed E-state index contributed by atoms with van der Waals surface area (Å²) in [6.45, 7) is 0. The largest absolute Gasteiger partial charge is 0.256 e. The Morgan fingerprint density at radius 3 is 1.74 bits per heavy atom. The summed E-state index contributed by atoms with van der Waals surface area (Å²) in [7, 11) is 0. The van der Waals surface area contributed by atoms with Gasteiger partial charge in [0, 0.05) is 17.3 Å². The van der Waals surface area contributed by atoms with Crippen LogP contribution in [0.3, 0.4) is 0 Å². The number of hydrogen-bond donors (Lipinski definition) is 0. The van der Waals surface area contributed by atoms with E-state index in [0.717, 1.165) is 5.69 Å². The fourth-order valence-corrected chi connectivity index (χ4v) is 6.81. The average Bonchev–Trinajstić information content (AvgIpc) is 3.31. The van der Waals surface area contributed by atoms with Gasteiger partial charge in [-0.2, -0.15) is 0 Å². The first-order valence-corrected chi connectivity index (χ1v) is 13.1. The van der Waals surface area contributed by atoms with Gasteiger partial charge < -0.3 is 0 Å². The summed E-state index contributed by atoms with van der Waals surface area (Å²) in [5.41, 5.74) is 7.42. The molecule has 0 aliphatic heterocycles. The summed E-state index contributed by atoms with van der Waals surface area (Å²) < 4.78 is 0. The fourth-order valence-electron chi connectivity index (χ4n) is 6.81. The van der Waals surface area contributed by atoms with Crippen LogP contribution in [0, 0.1) is 0 Å². The van der Waals surface area contributed by atoms with Gasteiger partial charge in [0.1, 0.15) is 0 Å². The summed E-state index contributed by atoms with van der Waals surface area (Å²) in [6.07, 6.45) is 1.91. The molecule has 0 amide bonds. The summed E-state index contributed by atoms with van der Waals surface area (Å²) in [6, 6.07) is 44.6. The minimum atomic E-state index is 1.09. The van der Waals surface area contributed by atoms with Crippen LogP contribution in [-0.4, -0.2) is 4.98 Å². The molecule has 9 rings (SSSR count). The van der Waals surface area contributed by atoms with Crippen molar-refractivity contribution in [3.63, 3.8) is 0 Å². The van der Waals surface area contributed by atoms with Gasteiger partial charge >= 0.3 is 0 Å². The maximum absolute atomic E-state index is 4.81. The number of nitrogens with zero attached hydrogens (tertiary/aromatic N) is 1. The first-order chi connectivity index (χ1) is 18.9. The molecule has 0 spiro atoms. The molecular formula is C37H21N. The maximum Gasteiger partial charge on any atom is 0.0787 e. The Morgan fingerprint density at radius 1 is 0.342 bits per heavy atom. The number of hydrogen-bond acceptors (Lipinski definition) is 1. The summed E-state index contributed by atoms with van der Waals surface area (Å²) in [5, 5.41) is 12.9. The molecular weight excluding hydrogens is 458 g/mol. The first kappa shape index (κ1) is 20.1. The second kappa shape index (κ2) is 7.27. The first-order valence-electron chi connectivity index (χ1n) is 13.1. The molecule has 1 nitrogen and oxygen atoms in total. The maximum atomic E-state index is 4.81. The van der Waals surface area contributed by atoms with E-state index in [0.29, 0.717) is 0 Å². The van der Waals surface area contributed by atoms with Crippen LogP contribution in [-0.2, 0) is 0 Å². The van der Waals surface area contributed by atoms with Crippen molar-refractivity contribution in [1.29, 1.82) is 0 Å². The van der Waals surface area contributed by atoms with Crippen LogP contribution in [0.1, 0.15) is 0 Å². The SMILES string of the molecule is c1cnc2c(c1)-c1cccc3c1c-2cc1c2ccccc2c(-c2cc4ccccc4c4ccccc24)cc31. The third kappa shape index (κ3) is 2.53. The molecule has 174 valence electrons. The van der Waals surface area contributed by atoms with Crippen molar-refractivity contribution >= 4 is 53.9 Å². The molecule has 38 heavy (non-hydrogen) atoms. The van der Waals surface area contributed by atoms with Gasteiger partial charge in [0.15, 0.2) is 0 Å². The molecule has 8 aromatic rings. The highest BCUT2D eigenvalue weighted by molar-refractivity contribution is 6.29. The van der Waals surface area contributed by atoms with Crippen LogP contribution >= 0.6 is 0 Å². The summed E-state index contributed by atoms with van der Waals surface area (Å²) >= 11 is 0. The van der Waals surface area contributed by atoms with E-state index < -0.39 is 0 Å². The minimum Gasteiger partial charge on any atom is -0.256 e. The number of pyridine rings is 1. The molecule has 0 N–H and O–H groups in total. The molecule has 7 aromatic carbocycles. The molecule has 0 bridgehead atoms. The highest BCUT2D eigenvalue weighted by atomic mass is 14.7. The van der Waals surface area contributed by atoms with Crippen molar-refractivity contribution in [3.05, 3.63) is 128 Å². The Balaban J connectivity index is 1.49. The molecule has 0 unspecified atom stereocenters. The number of aromatic nitrogens is 1. The smallest absolute Gasteiger partial charge is 0.0787 e. The zero-order chi connectivity index (χ0) is 24.8. The second-order valence-corrected chi connectivity index (χ2v) is 10.3. The molecule has 1 heteroatoms. The molecule has 0 atom stereocenters. The van der Waals surface area contributed by atoms with Crippen molar-refractivity contribution < 1.29 is 0 Å². The molecule has 1 aliphatic carbocycles. The van der Waals surface area contributed by atoms with Gasteiger partial charge in [0.05, 0.1) is 5.69 Å². The lowest BCUT2D eigenvalue weighted by molar-refractivity contribution is 1.35. The lowest BCUT2D eigenvalue weighted by Crippen LogP contribution is -1.89. The topological polar surface area (TPSA) is 12.9 Å². The molecule has 0 saturated heterocycles. The van der Waals surface area contributed by atoms with Gasteiger partial charge in [-0.1, -0.05) is 97.1 Å². The zero-order valence-electron chi connectivity index (χ0n) is 20.6. The van der Waals surface area contributed by atoms with Gasteiger partial charge in [0.25, 0.3) is 0 Å². The van der Waals surface area contributed by atoms with Crippen molar-refractivity contribution in [3.8, 4) is 33.5 Å². The van der Waals surface area contributed by atoms with E-state index in [2.05, 4.69) is 115 Å². The fraction of sp³-hybridized carbons (Fsp3) is 0. The van der Waals surface area contributed by atoms with E-state index in [1.807, 2.05) is 12.3 Å². The van der Waals surface area contributed by atoms with Crippen molar-refractivity contribution in [2.24, 2.45) is 0 Å². The molecule has 1 heterocycles. The Bertz CT molecular complexity index is 2290. The predicted molar refractivity (Wildman–Crippen MR) is 162 cm³/mol. The predicted octanol–water partition coefficient (Wildman–Crippen LogP) is 10.2. The van der Waals surface area contributed by atoms with Crippen molar-refractivity contribution in [2.45, 2.75) is 0 Å². The molecule has 1 aromatic heterocycles. The summed E-state index contributed by atoms with van der Waals surface area (Å²) in [4.78, 5) is 4.81. The monoisotopic (exact) mass is 479 g/mol. The standard InChI is InChI=1S/C37H21N/c1-2-10-23-22(9-1)19-31(25-12-4-3-11-24(23)25)32-20-34-29-16-7-15-28-30-17-8-18-38-37(30)35(36(28)29)21-33(34)27-14-6-5-13-26(27)32/h1-21H. The van der Waals surface area contributed by atoms with Crippen LogP contribution in [0.15, 0.2) is 128 Å². The third-order valence-corrected chi connectivity index (χ3v) is 8.41. The lowest BCUT2D eigenvalue weighted by atomic mass is 9.87. The highest BCUT2D eigenvalue weighted by Gasteiger charge is 2.24. The Morgan fingerprint density at radius 2 is 0.921 bits per heavy atom. The van der Waals surface area contributed by atoms with Crippen LogP contribution in [0.25, 0.3) is 87.4 Å². The van der Waals surface area contributed by atoms with E-state index in [-0.39, 0.29) is 0 Å². The third-order valence-electron chi connectivity index (χ3n) is 8.41. The Labute approximate surface area is 219 Å². The molecule has 1 aliphatic rings. The number of fused-ring (bicyclic) bond motifs is 10. The average molecular weight is 480 g/mol. The van der Waals surface area contributed by atoms with E-state index >= 15 is 0 Å². The quantitative estimate of drug-likeness (QED) is 0.213. The van der Waals surface area contributed by atoms with Crippen LogP contribution in [0.4, 0.5) is 0 Å². The van der Waals surface area contributed by atoms with E-state index in [1.54, 1.807) is 0 Å². The number of benzene rings is 7. The molecule has 0 saturated carbocycles. The minimum absolute atomic E-state index is 1.09. The Hall–Kier alpha value is -5.01. The van der Waals surface area contributed by atoms with Crippen LogP contribution in [0.5, 0.6) is 0 Å². The van der Waals surface area contributed by atoms with Gasteiger partial charge in [-0.3, -0.25) is 4.98 Å². The van der Waals surface area contributed by atoms with Gasteiger partial charge in [-0.25, -0.2) is 0 Å². The summed E-state index contributed by atoms with van der Waals surface area (Å²) in [5.74, 6) is 0. The highest BCUT2D eigenvalue weighted by Crippen LogP contribution is 2.50. The normalized spacial score (nSPS) is 12.2. The van der Waals surface area contributed by atoms with Crippen molar-refractivity contribution in [1.82, 2.24) is 4.98 Å². The zero-order valence-corrected chi connectivity index (χ0v) is 20.6. The van der Waals surface area contributed by atoms with E-state index in [1.165, 1.54) is 81.7 Å². The van der Waals surface area contributed by atoms with E-state index in [9.17, 15) is 0 Å². The van der Waals surface area contributed by atoms with Gasteiger partial charge in [0.2, 0.25) is 0 Å². The lowest BCUT2D eigenvalue weighted by Gasteiger charge is -2.17. The van der Waals surface area contributed by atoms with E-state index in [4.69, 9.17) is 4.98 Å². The molecule has 0 fully saturated rings. The molecule has 0 radical (unpaired) electrons. The Kier molecular flexibility index (Phi) is 3.85. The van der Waals surface area contributed by atoms with Gasteiger partial charge in [-0.15, -0.1) is 0 Å².